The van der Waals surface area contributed by atoms with Crippen LogP contribution in [-0.2, 0) is 18.4 Å². The molecule has 3 aromatic rings. The fourth-order valence-corrected chi connectivity index (χ4v) is 6.52. The Morgan fingerprint density at radius 1 is 0.976 bits per heavy atom. The van der Waals surface area contributed by atoms with Gasteiger partial charge in [0.25, 0.3) is 0 Å². The van der Waals surface area contributed by atoms with E-state index in [0.717, 1.165) is 49.5 Å². The van der Waals surface area contributed by atoms with Gasteiger partial charge in [-0.15, -0.1) is 0 Å². The lowest BCUT2D eigenvalue weighted by Gasteiger charge is -2.32. The highest BCUT2D eigenvalue weighted by Gasteiger charge is 2.49. The minimum atomic E-state index is -0.746. The molecule has 2 aliphatic carbocycles. The number of nitrogens with one attached hydrogen (secondary N) is 2. The van der Waals surface area contributed by atoms with Crippen molar-refractivity contribution in [3.8, 4) is 5.75 Å². The Labute approximate surface area is 246 Å². The van der Waals surface area contributed by atoms with Crippen LogP contribution in [0.25, 0.3) is 0 Å². The average molecular weight is 559 g/mol. The van der Waals surface area contributed by atoms with E-state index in [2.05, 4.69) is 72.4 Å². The number of hydrogen-bond acceptors (Lipinski definition) is 5. The molecular weight excluding hydrogens is 522 g/mol. The van der Waals surface area contributed by atoms with Gasteiger partial charge in [-0.3, -0.25) is 14.5 Å². The normalized spacial score (nSPS) is 19.5. The molecule has 0 fully saturated rings. The van der Waals surface area contributed by atoms with Gasteiger partial charge in [0.2, 0.25) is 11.4 Å². The maximum absolute atomic E-state index is 14.0. The predicted octanol–water partition coefficient (Wildman–Crippen LogP) is 4.41. The quantitative estimate of drug-likeness (QED) is 0.454. The van der Waals surface area contributed by atoms with Crippen LogP contribution in [0, 0.1) is 5.92 Å². The summed E-state index contributed by atoms with van der Waals surface area (Å²) in [6.45, 7) is 10.2. The SMILES string of the molecule is CC(C)(C)c1ccc2c(c1)OC1=CC(NCCCN3CCc4ccccc4C3)=C3C(=O)c4ccccc4C(=O)C3C1=[NH+]2. The molecule has 1 unspecified atom stereocenters. The first kappa shape index (κ1) is 26.6. The molecule has 1 atom stereocenters. The third-order valence-electron chi connectivity index (χ3n) is 8.87. The van der Waals surface area contributed by atoms with E-state index >= 15 is 0 Å². The number of benzene rings is 3. The summed E-state index contributed by atoms with van der Waals surface area (Å²) in [5.41, 5.74) is 7.51. The average Bonchev–Trinajstić information content (AvgIpc) is 2.99. The summed E-state index contributed by atoms with van der Waals surface area (Å²) in [6, 6.07) is 22.0. The Kier molecular flexibility index (Phi) is 6.47. The van der Waals surface area contributed by atoms with Gasteiger partial charge in [-0.2, -0.15) is 0 Å². The van der Waals surface area contributed by atoms with Crippen LogP contribution in [-0.4, -0.2) is 41.8 Å². The van der Waals surface area contributed by atoms with Gasteiger partial charge in [0, 0.05) is 60.7 Å². The topological polar surface area (TPSA) is 72.6 Å². The highest BCUT2D eigenvalue weighted by molar-refractivity contribution is 6.32. The van der Waals surface area contributed by atoms with Gasteiger partial charge in [-0.25, -0.2) is 4.99 Å². The van der Waals surface area contributed by atoms with Crippen molar-refractivity contribution in [2.24, 2.45) is 5.92 Å². The molecule has 2 N–H and O–H groups in total. The largest absolute Gasteiger partial charge is 0.444 e. The number of hydrogen-bond donors (Lipinski definition) is 2. The van der Waals surface area contributed by atoms with Gasteiger partial charge in [-0.05, 0) is 41.0 Å². The Morgan fingerprint density at radius 3 is 2.55 bits per heavy atom. The Bertz CT molecular complexity index is 1720. The molecule has 6 heteroatoms. The van der Waals surface area contributed by atoms with E-state index in [0.29, 0.717) is 40.4 Å². The van der Waals surface area contributed by atoms with Crippen LogP contribution in [0.1, 0.15) is 64.6 Å². The first-order valence-corrected chi connectivity index (χ1v) is 14.9. The number of Topliss-reactive ketones (excluding diaryl/α,β-unsaturated/α-hetero) is 2. The molecule has 42 heavy (non-hydrogen) atoms. The summed E-state index contributed by atoms with van der Waals surface area (Å²) in [7, 11) is 0. The molecular formula is C36H36N3O3+. The molecule has 3 aromatic carbocycles. The molecule has 0 bridgehead atoms. The number of allylic oxidation sites excluding steroid dienone is 3. The van der Waals surface area contributed by atoms with E-state index < -0.39 is 5.92 Å². The fourth-order valence-electron chi connectivity index (χ4n) is 6.52. The summed E-state index contributed by atoms with van der Waals surface area (Å²) in [5, 5.41) is 3.54. The minimum absolute atomic E-state index is 0.0327. The standard InChI is InChI=1S/C36H35N3O3/c1-36(2,3)24-13-14-27-29(19-24)42-30-20-28(37-16-8-17-39-18-15-22-9-4-5-10-23(22)21-39)31-32(33(30)38-27)35(41)26-12-7-6-11-25(26)34(31)40/h4-7,9-14,19-20,32,37H,8,15-18,21H2,1-3H3/p+1. The highest BCUT2D eigenvalue weighted by atomic mass is 16.5. The van der Waals surface area contributed by atoms with Crippen molar-refractivity contribution in [2.75, 3.05) is 19.6 Å². The van der Waals surface area contributed by atoms with Crippen LogP contribution in [0.4, 0.5) is 5.69 Å². The molecule has 6 nitrogen and oxygen atoms in total. The number of fused-ring (bicyclic) bond motifs is 6. The molecule has 212 valence electrons. The molecule has 7 rings (SSSR count). The molecule has 0 saturated heterocycles. The number of ether oxygens (including phenoxy) is 1. The molecule has 0 aromatic heterocycles. The first-order chi connectivity index (χ1) is 20.3. The molecule has 0 amide bonds. The van der Waals surface area contributed by atoms with Crippen LogP contribution in [0.2, 0.25) is 0 Å². The van der Waals surface area contributed by atoms with Crippen molar-refractivity contribution < 1.29 is 19.3 Å². The van der Waals surface area contributed by atoms with Crippen molar-refractivity contribution in [3.63, 3.8) is 0 Å². The van der Waals surface area contributed by atoms with Crippen LogP contribution in [0.15, 0.2) is 89.8 Å². The van der Waals surface area contributed by atoms with Gasteiger partial charge in [0.15, 0.2) is 23.1 Å². The monoisotopic (exact) mass is 558 g/mol. The number of carbonyl (C=O) groups excluding carboxylic acids is 2. The summed E-state index contributed by atoms with van der Waals surface area (Å²) in [4.78, 5) is 33.8. The van der Waals surface area contributed by atoms with Gasteiger partial charge < -0.3 is 10.1 Å². The van der Waals surface area contributed by atoms with Gasteiger partial charge in [-0.1, -0.05) is 75.4 Å². The number of rotatable bonds is 5. The van der Waals surface area contributed by atoms with E-state index in [9.17, 15) is 9.59 Å². The van der Waals surface area contributed by atoms with E-state index in [1.165, 1.54) is 11.1 Å². The predicted molar refractivity (Wildman–Crippen MR) is 163 cm³/mol. The van der Waals surface area contributed by atoms with E-state index in [1.807, 2.05) is 24.3 Å². The smallest absolute Gasteiger partial charge is 0.246 e. The Morgan fingerprint density at radius 2 is 1.74 bits per heavy atom. The molecule has 4 aliphatic rings. The van der Waals surface area contributed by atoms with Gasteiger partial charge in [0.1, 0.15) is 5.92 Å². The van der Waals surface area contributed by atoms with Crippen molar-refractivity contribution in [1.29, 1.82) is 0 Å². The second-order valence-corrected chi connectivity index (χ2v) is 12.7. The fraction of sp³-hybridized carbons (Fsp3) is 0.306. The van der Waals surface area contributed by atoms with E-state index in [-0.39, 0.29) is 17.0 Å². The van der Waals surface area contributed by atoms with Crippen LogP contribution >= 0.6 is 0 Å². The summed E-state index contributed by atoms with van der Waals surface area (Å²) >= 11 is 0. The zero-order chi connectivity index (χ0) is 29.0. The minimum Gasteiger partial charge on any atom is -0.444 e. The summed E-state index contributed by atoms with van der Waals surface area (Å²) in [5.74, 6) is 0.365. The van der Waals surface area contributed by atoms with E-state index in [1.54, 1.807) is 12.1 Å². The van der Waals surface area contributed by atoms with Crippen molar-refractivity contribution in [1.82, 2.24) is 10.2 Å². The zero-order valence-corrected chi connectivity index (χ0v) is 24.4. The molecule has 0 spiro atoms. The van der Waals surface area contributed by atoms with Crippen molar-refractivity contribution >= 4 is 23.0 Å². The third-order valence-corrected chi connectivity index (χ3v) is 8.87. The first-order valence-electron chi connectivity index (χ1n) is 14.9. The second-order valence-electron chi connectivity index (χ2n) is 12.7. The molecule has 2 heterocycles. The summed E-state index contributed by atoms with van der Waals surface area (Å²) in [6.07, 6.45) is 3.89. The second kappa shape index (κ2) is 10.2. The third kappa shape index (κ3) is 4.60. The van der Waals surface area contributed by atoms with Crippen LogP contribution < -0.4 is 15.0 Å². The highest BCUT2D eigenvalue weighted by Crippen LogP contribution is 2.39. The van der Waals surface area contributed by atoms with E-state index in [4.69, 9.17) is 4.74 Å². The lowest BCUT2D eigenvalue weighted by Crippen LogP contribution is -2.72. The maximum Gasteiger partial charge on any atom is 0.246 e. The Hall–Kier alpha value is -4.29. The number of carbonyl (C=O) groups is 2. The van der Waals surface area contributed by atoms with Crippen LogP contribution in [0.3, 0.4) is 0 Å². The van der Waals surface area contributed by atoms with Crippen molar-refractivity contribution in [3.05, 3.63) is 118 Å². The van der Waals surface area contributed by atoms with Crippen molar-refractivity contribution in [2.45, 2.75) is 45.6 Å². The number of nitrogens with zero attached hydrogens (tertiary/aromatic N) is 1. The molecule has 2 aliphatic heterocycles. The van der Waals surface area contributed by atoms with Gasteiger partial charge in [0.05, 0.1) is 0 Å². The molecule has 0 saturated carbocycles. The zero-order valence-electron chi connectivity index (χ0n) is 24.4. The lowest BCUT2D eigenvalue weighted by atomic mass is 9.72. The van der Waals surface area contributed by atoms with Crippen LogP contribution in [0.5, 0.6) is 5.75 Å². The summed E-state index contributed by atoms with van der Waals surface area (Å²) < 4.78 is 6.47. The molecule has 0 radical (unpaired) electrons. The lowest BCUT2D eigenvalue weighted by molar-refractivity contribution is -0.361. The number of ketones is 2. The maximum atomic E-state index is 14.0. The Balaban J connectivity index is 1.18. The van der Waals surface area contributed by atoms with Gasteiger partial charge >= 0.3 is 0 Å².